The number of hydrogen-bond acceptors (Lipinski definition) is 2. The van der Waals surface area contributed by atoms with E-state index in [1.54, 1.807) is 11.1 Å². The predicted molar refractivity (Wildman–Crippen MR) is 85.2 cm³/mol. The van der Waals surface area contributed by atoms with Crippen molar-refractivity contribution in [1.82, 2.24) is 10.2 Å². The van der Waals surface area contributed by atoms with Gasteiger partial charge in [-0.25, -0.2) is 0 Å². The quantitative estimate of drug-likeness (QED) is 0.886. The molecule has 2 nitrogen and oxygen atoms in total. The number of likely N-dealkylation sites (tertiary alicyclic amines) is 1. The van der Waals surface area contributed by atoms with Gasteiger partial charge >= 0.3 is 0 Å². The molecule has 0 saturated carbocycles. The molecule has 0 radical (unpaired) electrons. The Hall–Kier alpha value is -0.860. The highest BCUT2D eigenvalue weighted by atomic mass is 15.1. The summed E-state index contributed by atoms with van der Waals surface area (Å²) in [6.07, 6.45) is 3.91. The van der Waals surface area contributed by atoms with E-state index in [1.807, 2.05) is 0 Å². The van der Waals surface area contributed by atoms with Gasteiger partial charge in [-0.15, -0.1) is 0 Å². The number of nitrogens with zero attached hydrogens (tertiary/aromatic N) is 1. The topological polar surface area (TPSA) is 15.3 Å². The molecule has 0 bridgehead atoms. The average molecular weight is 272 g/mol. The van der Waals surface area contributed by atoms with Gasteiger partial charge in [0.2, 0.25) is 0 Å². The predicted octanol–water partition coefficient (Wildman–Crippen LogP) is 3.04. The second kappa shape index (κ2) is 6.28. The van der Waals surface area contributed by atoms with Crippen molar-refractivity contribution in [3.05, 3.63) is 35.4 Å². The molecule has 1 aromatic carbocycles. The first kappa shape index (κ1) is 14.1. The molecule has 1 N–H and O–H groups in total. The van der Waals surface area contributed by atoms with Gasteiger partial charge in [-0.1, -0.05) is 38.1 Å². The summed E-state index contributed by atoms with van der Waals surface area (Å²) in [6, 6.07) is 9.65. The van der Waals surface area contributed by atoms with E-state index in [9.17, 15) is 0 Å². The zero-order valence-corrected chi connectivity index (χ0v) is 12.9. The molecule has 20 heavy (non-hydrogen) atoms. The first-order valence-corrected chi connectivity index (χ1v) is 8.26. The third-order valence-corrected chi connectivity index (χ3v) is 4.83. The molecule has 0 amide bonds. The zero-order valence-electron chi connectivity index (χ0n) is 12.9. The summed E-state index contributed by atoms with van der Waals surface area (Å²) in [5.74, 6) is 1.56. The van der Waals surface area contributed by atoms with Gasteiger partial charge in [0.1, 0.15) is 0 Å². The molecule has 110 valence electrons. The number of rotatable bonds is 5. The van der Waals surface area contributed by atoms with Crippen molar-refractivity contribution in [2.24, 2.45) is 5.92 Å². The van der Waals surface area contributed by atoms with Gasteiger partial charge in [-0.3, -0.25) is 0 Å². The van der Waals surface area contributed by atoms with Crippen LogP contribution >= 0.6 is 0 Å². The van der Waals surface area contributed by atoms with Crippen molar-refractivity contribution in [2.75, 3.05) is 26.2 Å². The fraction of sp³-hybridized carbons (Fsp3) is 0.667. The van der Waals surface area contributed by atoms with E-state index in [0.717, 1.165) is 17.9 Å². The number of benzene rings is 1. The molecule has 1 aliphatic carbocycles. The van der Waals surface area contributed by atoms with Crippen LogP contribution in [0.3, 0.4) is 0 Å². The lowest BCUT2D eigenvalue weighted by atomic mass is 9.77. The third kappa shape index (κ3) is 3.24. The summed E-state index contributed by atoms with van der Waals surface area (Å²) in [5.41, 5.74) is 3.14. The molecule has 0 spiro atoms. The van der Waals surface area contributed by atoms with Crippen molar-refractivity contribution in [1.29, 1.82) is 0 Å². The van der Waals surface area contributed by atoms with E-state index < -0.39 is 0 Å². The Morgan fingerprint density at radius 2 is 1.95 bits per heavy atom. The summed E-state index contributed by atoms with van der Waals surface area (Å²) >= 11 is 0. The van der Waals surface area contributed by atoms with Crippen molar-refractivity contribution in [3.8, 4) is 0 Å². The van der Waals surface area contributed by atoms with Gasteiger partial charge in [0.25, 0.3) is 0 Å². The molecule has 0 aromatic heterocycles. The minimum atomic E-state index is 0.742. The normalized spacial score (nSPS) is 23.6. The fourth-order valence-electron chi connectivity index (χ4n) is 3.69. The molecular formula is C18H28N2. The van der Waals surface area contributed by atoms with E-state index in [-0.39, 0.29) is 0 Å². The molecular weight excluding hydrogens is 244 g/mol. The van der Waals surface area contributed by atoms with Crippen molar-refractivity contribution >= 4 is 0 Å². The Kier molecular flexibility index (Phi) is 4.42. The van der Waals surface area contributed by atoms with E-state index >= 15 is 0 Å². The van der Waals surface area contributed by atoms with Crippen LogP contribution in [0.15, 0.2) is 24.3 Å². The van der Waals surface area contributed by atoms with Gasteiger partial charge in [-0.05, 0) is 49.4 Å². The second-order valence-corrected chi connectivity index (χ2v) is 6.98. The average Bonchev–Trinajstić information content (AvgIpc) is 2.41. The zero-order chi connectivity index (χ0) is 13.9. The van der Waals surface area contributed by atoms with E-state index in [0.29, 0.717) is 0 Å². The SMILES string of the molecule is CC(C)CN1CCC(NCC2Cc3ccccc32)CC1. The lowest BCUT2D eigenvalue weighted by Crippen LogP contribution is -2.45. The molecule has 1 fully saturated rings. The van der Waals surface area contributed by atoms with Crippen molar-refractivity contribution in [2.45, 2.75) is 45.1 Å². The largest absolute Gasteiger partial charge is 0.313 e. The monoisotopic (exact) mass is 272 g/mol. The Morgan fingerprint density at radius 1 is 1.20 bits per heavy atom. The van der Waals surface area contributed by atoms with E-state index in [2.05, 4.69) is 48.3 Å². The molecule has 1 aliphatic heterocycles. The molecule has 1 atom stereocenters. The van der Waals surface area contributed by atoms with Gasteiger partial charge in [0.15, 0.2) is 0 Å². The first-order chi connectivity index (χ1) is 9.72. The Bertz CT molecular complexity index is 433. The van der Waals surface area contributed by atoms with E-state index in [4.69, 9.17) is 0 Å². The van der Waals surface area contributed by atoms with Crippen LogP contribution in [-0.2, 0) is 6.42 Å². The molecule has 3 rings (SSSR count). The summed E-state index contributed by atoms with van der Waals surface area (Å²) in [6.45, 7) is 9.62. The first-order valence-electron chi connectivity index (χ1n) is 8.26. The number of fused-ring (bicyclic) bond motifs is 1. The van der Waals surface area contributed by atoms with Crippen LogP contribution in [0.5, 0.6) is 0 Å². The standard InChI is InChI=1S/C18H28N2/c1-14(2)13-20-9-7-17(8-10-20)19-12-16-11-15-5-3-4-6-18(15)16/h3-6,14,16-17,19H,7-13H2,1-2H3. The number of hydrogen-bond donors (Lipinski definition) is 1. The van der Waals surface area contributed by atoms with Crippen molar-refractivity contribution in [3.63, 3.8) is 0 Å². The maximum absolute atomic E-state index is 3.81. The third-order valence-electron chi connectivity index (χ3n) is 4.83. The Balaban J connectivity index is 1.39. The molecule has 1 saturated heterocycles. The number of nitrogens with one attached hydrogen (secondary N) is 1. The van der Waals surface area contributed by atoms with E-state index in [1.165, 1.54) is 45.4 Å². The minimum absolute atomic E-state index is 0.742. The maximum atomic E-state index is 3.81. The minimum Gasteiger partial charge on any atom is -0.313 e. The van der Waals surface area contributed by atoms with Crippen LogP contribution < -0.4 is 5.32 Å². The number of piperidine rings is 1. The lowest BCUT2D eigenvalue weighted by molar-refractivity contribution is 0.179. The maximum Gasteiger partial charge on any atom is 0.00916 e. The van der Waals surface area contributed by atoms with Crippen LogP contribution in [-0.4, -0.2) is 37.1 Å². The van der Waals surface area contributed by atoms with Crippen LogP contribution in [0.2, 0.25) is 0 Å². The summed E-state index contributed by atoms with van der Waals surface area (Å²) in [5, 5.41) is 3.81. The van der Waals surface area contributed by atoms with Gasteiger partial charge in [0.05, 0.1) is 0 Å². The molecule has 1 unspecified atom stereocenters. The molecule has 1 aromatic rings. The Labute approximate surface area is 123 Å². The molecule has 1 heterocycles. The summed E-state index contributed by atoms with van der Waals surface area (Å²) in [4.78, 5) is 2.63. The Morgan fingerprint density at radius 3 is 2.65 bits per heavy atom. The van der Waals surface area contributed by atoms with Crippen LogP contribution in [0.25, 0.3) is 0 Å². The lowest BCUT2D eigenvalue weighted by Gasteiger charge is -2.36. The van der Waals surface area contributed by atoms with Gasteiger partial charge in [-0.2, -0.15) is 0 Å². The smallest absolute Gasteiger partial charge is 0.00916 e. The van der Waals surface area contributed by atoms with Gasteiger partial charge in [0, 0.05) is 25.0 Å². The second-order valence-electron chi connectivity index (χ2n) is 6.98. The highest BCUT2D eigenvalue weighted by Gasteiger charge is 2.26. The molecule has 2 aliphatic rings. The van der Waals surface area contributed by atoms with Crippen LogP contribution in [0.4, 0.5) is 0 Å². The van der Waals surface area contributed by atoms with Crippen molar-refractivity contribution < 1.29 is 0 Å². The van der Waals surface area contributed by atoms with Crippen LogP contribution in [0, 0.1) is 5.92 Å². The highest BCUT2D eigenvalue weighted by molar-refractivity contribution is 5.40. The van der Waals surface area contributed by atoms with Gasteiger partial charge < -0.3 is 10.2 Å². The highest BCUT2D eigenvalue weighted by Crippen LogP contribution is 2.34. The molecule has 2 heteroatoms. The fourth-order valence-corrected chi connectivity index (χ4v) is 3.69. The van der Waals surface area contributed by atoms with Crippen LogP contribution in [0.1, 0.15) is 43.7 Å². The summed E-state index contributed by atoms with van der Waals surface area (Å²) in [7, 11) is 0. The summed E-state index contributed by atoms with van der Waals surface area (Å²) < 4.78 is 0.